The number of hydrogen-bond acceptors (Lipinski definition) is 4. The van der Waals surface area contributed by atoms with E-state index in [1.165, 1.54) is 6.92 Å². The van der Waals surface area contributed by atoms with Crippen molar-refractivity contribution in [1.82, 2.24) is 4.90 Å². The summed E-state index contributed by atoms with van der Waals surface area (Å²) in [5, 5.41) is 0. The van der Waals surface area contributed by atoms with Crippen LogP contribution >= 0.6 is 0 Å². The number of hydrogen-bond donors (Lipinski definition) is 0. The Morgan fingerprint density at radius 1 is 1.40 bits per heavy atom. The van der Waals surface area contributed by atoms with E-state index in [-0.39, 0.29) is 11.8 Å². The first-order chi connectivity index (χ1) is 9.03. The molecule has 0 N–H and O–H groups in total. The summed E-state index contributed by atoms with van der Waals surface area (Å²) in [5.41, 5.74) is -1.27. The Morgan fingerprint density at radius 3 is 2.50 bits per heavy atom. The Balaban J connectivity index is 2.82. The standard InChI is InChI=1S/C15H25NO4/c1-11(17)8-7-9-12-10-19-15(5,6)16(12)13(18)20-14(2,3)4/h7,9,12H,8,10H2,1-6H3/b9-7+/t12-/m0/s1. The van der Waals surface area contributed by atoms with Crippen LogP contribution in [0.15, 0.2) is 12.2 Å². The van der Waals surface area contributed by atoms with E-state index in [9.17, 15) is 9.59 Å². The van der Waals surface area contributed by atoms with Gasteiger partial charge in [-0.2, -0.15) is 0 Å². The van der Waals surface area contributed by atoms with E-state index >= 15 is 0 Å². The SMILES string of the molecule is CC(=O)C/C=C/[C@H]1COC(C)(C)N1C(=O)OC(C)(C)C. The molecule has 0 spiro atoms. The lowest BCUT2D eigenvalue weighted by Crippen LogP contribution is -2.49. The first kappa shape index (κ1) is 16.7. The summed E-state index contributed by atoms with van der Waals surface area (Å²) in [7, 11) is 0. The first-order valence-electron chi connectivity index (χ1n) is 6.85. The van der Waals surface area contributed by atoms with Crippen molar-refractivity contribution in [3.63, 3.8) is 0 Å². The maximum Gasteiger partial charge on any atom is 0.413 e. The van der Waals surface area contributed by atoms with Gasteiger partial charge in [-0.25, -0.2) is 4.79 Å². The van der Waals surface area contributed by atoms with Crippen LogP contribution in [0.25, 0.3) is 0 Å². The van der Waals surface area contributed by atoms with Crippen molar-refractivity contribution in [2.75, 3.05) is 6.61 Å². The number of ketones is 1. The number of ether oxygens (including phenoxy) is 2. The number of rotatable bonds is 3. The zero-order chi connectivity index (χ0) is 15.6. The van der Waals surface area contributed by atoms with Crippen LogP contribution in [0.2, 0.25) is 0 Å². The van der Waals surface area contributed by atoms with Crippen molar-refractivity contribution < 1.29 is 19.1 Å². The van der Waals surface area contributed by atoms with Crippen molar-refractivity contribution in [3.8, 4) is 0 Å². The van der Waals surface area contributed by atoms with Gasteiger partial charge in [0.15, 0.2) is 0 Å². The summed E-state index contributed by atoms with van der Waals surface area (Å²) >= 11 is 0. The van der Waals surface area contributed by atoms with Crippen LogP contribution < -0.4 is 0 Å². The van der Waals surface area contributed by atoms with Crippen molar-refractivity contribution in [2.45, 2.75) is 65.3 Å². The van der Waals surface area contributed by atoms with E-state index in [0.29, 0.717) is 13.0 Å². The normalized spacial score (nSPS) is 22.3. The average molecular weight is 283 g/mol. The number of amides is 1. The van der Waals surface area contributed by atoms with Gasteiger partial charge in [-0.05, 0) is 41.5 Å². The minimum atomic E-state index is -0.715. The van der Waals surface area contributed by atoms with Gasteiger partial charge in [-0.15, -0.1) is 0 Å². The fourth-order valence-electron chi connectivity index (χ4n) is 2.03. The Morgan fingerprint density at radius 2 is 2.00 bits per heavy atom. The van der Waals surface area contributed by atoms with E-state index < -0.39 is 17.4 Å². The molecule has 0 aromatic rings. The smallest absolute Gasteiger partial charge is 0.413 e. The highest BCUT2D eigenvalue weighted by molar-refractivity contribution is 5.77. The molecule has 0 aromatic carbocycles. The number of nitrogens with zero attached hydrogens (tertiary/aromatic N) is 1. The fraction of sp³-hybridized carbons (Fsp3) is 0.733. The van der Waals surface area contributed by atoms with Gasteiger partial charge in [0, 0.05) is 6.42 Å². The lowest BCUT2D eigenvalue weighted by Gasteiger charge is -2.34. The Kier molecular flexibility index (Phi) is 4.97. The Bertz CT molecular complexity index is 407. The van der Waals surface area contributed by atoms with Crippen LogP contribution in [-0.2, 0) is 14.3 Å². The number of carbonyl (C=O) groups is 2. The first-order valence-corrected chi connectivity index (χ1v) is 6.85. The maximum atomic E-state index is 12.3. The lowest BCUT2D eigenvalue weighted by molar-refractivity contribution is -0.116. The third-order valence-electron chi connectivity index (χ3n) is 2.87. The molecule has 5 heteroatoms. The Labute approximate surface area is 120 Å². The zero-order valence-corrected chi connectivity index (χ0v) is 13.2. The molecule has 1 rings (SSSR count). The maximum absolute atomic E-state index is 12.3. The van der Waals surface area contributed by atoms with Crippen LogP contribution in [0.4, 0.5) is 4.79 Å². The second-order valence-electron chi connectivity index (χ2n) is 6.51. The molecule has 1 atom stereocenters. The molecule has 0 saturated carbocycles. The van der Waals surface area contributed by atoms with Crippen LogP contribution in [-0.4, -0.2) is 40.8 Å². The topological polar surface area (TPSA) is 55.8 Å². The molecular formula is C15H25NO4. The fourth-order valence-corrected chi connectivity index (χ4v) is 2.03. The molecule has 5 nitrogen and oxygen atoms in total. The highest BCUT2D eigenvalue weighted by Crippen LogP contribution is 2.30. The summed E-state index contributed by atoms with van der Waals surface area (Å²) in [6.45, 7) is 11.1. The molecule has 114 valence electrons. The van der Waals surface area contributed by atoms with Crippen LogP contribution in [0.3, 0.4) is 0 Å². The number of allylic oxidation sites excluding steroid dienone is 1. The number of Topliss-reactive ketones (excluding diaryl/α,β-unsaturated/α-hetero) is 1. The highest BCUT2D eigenvalue weighted by atomic mass is 16.6. The van der Waals surface area contributed by atoms with Gasteiger partial charge in [0.2, 0.25) is 0 Å². The summed E-state index contributed by atoms with van der Waals surface area (Å²) in [6.07, 6.45) is 3.56. The van der Waals surface area contributed by atoms with Crippen LogP contribution in [0, 0.1) is 0 Å². The van der Waals surface area contributed by atoms with Crippen LogP contribution in [0.1, 0.15) is 48.0 Å². The molecular weight excluding hydrogens is 258 g/mol. The second-order valence-corrected chi connectivity index (χ2v) is 6.51. The van der Waals surface area contributed by atoms with Crippen molar-refractivity contribution in [2.24, 2.45) is 0 Å². The molecule has 1 fully saturated rings. The summed E-state index contributed by atoms with van der Waals surface area (Å²) in [5.74, 6) is 0.0863. The van der Waals surface area contributed by atoms with E-state index in [2.05, 4.69) is 0 Å². The third kappa shape index (κ3) is 4.63. The molecule has 1 heterocycles. The van der Waals surface area contributed by atoms with Crippen molar-refractivity contribution in [1.29, 1.82) is 0 Å². The molecule has 1 aliphatic heterocycles. The number of carbonyl (C=O) groups excluding carboxylic acids is 2. The van der Waals surface area contributed by atoms with E-state index in [1.807, 2.05) is 40.7 Å². The van der Waals surface area contributed by atoms with E-state index in [4.69, 9.17) is 9.47 Å². The lowest BCUT2D eigenvalue weighted by atomic mass is 10.1. The van der Waals surface area contributed by atoms with Gasteiger partial charge in [0.05, 0.1) is 12.6 Å². The molecule has 1 amide bonds. The summed E-state index contributed by atoms with van der Waals surface area (Å²) < 4.78 is 11.1. The van der Waals surface area contributed by atoms with E-state index in [1.54, 1.807) is 11.0 Å². The third-order valence-corrected chi connectivity index (χ3v) is 2.87. The molecule has 0 aliphatic carbocycles. The van der Waals surface area contributed by atoms with Gasteiger partial charge < -0.3 is 9.47 Å². The molecule has 0 bridgehead atoms. The van der Waals surface area contributed by atoms with Crippen molar-refractivity contribution in [3.05, 3.63) is 12.2 Å². The zero-order valence-electron chi connectivity index (χ0n) is 13.2. The minimum absolute atomic E-state index is 0.0863. The molecule has 0 aromatic heterocycles. The largest absolute Gasteiger partial charge is 0.444 e. The summed E-state index contributed by atoms with van der Waals surface area (Å²) in [4.78, 5) is 24.8. The summed E-state index contributed by atoms with van der Waals surface area (Å²) in [6, 6.07) is -0.209. The molecule has 1 aliphatic rings. The van der Waals surface area contributed by atoms with E-state index in [0.717, 1.165) is 0 Å². The van der Waals surface area contributed by atoms with Gasteiger partial charge in [0.1, 0.15) is 17.1 Å². The second kappa shape index (κ2) is 5.95. The molecule has 1 saturated heterocycles. The quantitative estimate of drug-likeness (QED) is 0.747. The van der Waals surface area contributed by atoms with Gasteiger partial charge in [-0.3, -0.25) is 9.69 Å². The predicted molar refractivity (Wildman–Crippen MR) is 76.3 cm³/mol. The predicted octanol–water partition coefficient (Wildman–Crippen LogP) is 2.89. The molecule has 20 heavy (non-hydrogen) atoms. The highest BCUT2D eigenvalue weighted by Gasteiger charge is 2.44. The van der Waals surface area contributed by atoms with Gasteiger partial charge in [0.25, 0.3) is 0 Å². The van der Waals surface area contributed by atoms with Crippen molar-refractivity contribution >= 4 is 11.9 Å². The average Bonchev–Trinajstić information content (AvgIpc) is 2.50. The molecule has 0 radical (unpaired) electrons. The molecule has 0 unspecified atom stereocenters. The van der Waals surface area contributed by atoms with Crippen LogP contribution in [0.5, 0.6) is 0 Å². The van der Waals surface area contributed by atoms with Gasteiger partial charge >= 0.3 is 6.09 Å². The Hall–Kier alpha value is -1.36. The minimum Gasteiger partial charge on any atom is -0.444 e. The van der Waals surface area contributed by atoms with Gasteiger partial charge in [-0.1, -0.05) is 12.2 Å². The monoisotopic (exact) mass is 283 g/mol.